The first-order valence-electron chi connectivity index (χ1n) is 6.41. The van der Waals surface area contributed by atoms with Crippen molar-refractivity contribution in [1.29, 1.82) is 0 Å². The van der Waals surface area contributed by atoms with Gasteiger partial charge in [0.2, 0.25) is 0 Å². The van der Waals surface area contributed by atoms with Crippen LogP contribution >= 0.6 is 11.3 Å². The van der Waals surface area contributed by atoms with Crippen LogP contribution in [-0.2, 0) is 26.2 Å². The predicted octanol–water partition coefficient (Wildman–Crippen LogP) is 0.941. The maximum Gasteiger partial charge on any atom is 0.113 e. The zero-order chi connectivity index (χ0) is 13.2. The van der Waals surface area contributed by atoms with Gasteiger partial charge in [-0.25, -0.2) is 9.67 Å². The molecule has 0 aliphatic carbocycles. The number of nitrogens with zero attached hydrogens (tertiary/aromatic N) is 5. The molecule has 3 rings (SSSR count). The summed E-state index contributed by atoms with van der Waals surface area (Å²) in [4.78, 5) is 6.85. The Hall–Kier alpha value is -1.31. The number of aliphatic hydroxyl groups is 1. The zero-order valence-electron chi connectivity index (χ0n) is 10.9. The van der Waals surface area contributed by atoms with E-state index in [9.17, 15) is 5.11 Å². The van der Waals surface area contributed by atoms with E-state index in [1.54, 1.807) is 11.3 Å². The van der Waals surface area contributed by atoms with Crippen LogP contribution in [0, 0.1) is 6.92 Å². The van der Waals surface area contributed by atoms with Crippen molar-refractivity contribution < 1.29 is 5.11 Å². The summed E-state index contributed by atoms with van der Waals surface area (Å²) in [5.74, 6) is 0. The average molecular weight is 279 g/mol. The molecule has 0 fully saturated rings. The summed E-state index contributed by atoms with van der Waals surface area (Å²) in [6.07, 6.45) is 1.05. The Morgan fingerprint density at radius 1 is 1.42 bits per heavy atom. The van der Waals surface area contributed by atoms with E-state index in [1.807, 2.05) is 11.6 Å². The number of hydrogen-bond acceptors (Lipinski definition) is 6. The van der Waals surface area contributed by atoms with Crippen LogP contribution in [0.5, 0.6) is 0 Å². The summed E-state index contributed by atoms with van der Waals surface area (Å²) >= 11 is 1.69. The fourth-order valence-electron chi connectivity index (χ4n) is 2.42. The number of aryl methyl sites for hydroxylation is 2. The minimum absolute atomic E-state index is 0.0427. The van der Waals surface area contributed by atoms with Crippen molar-refractivity contribution in [3.05, 3.63) is 27.5 Å². The van der Waals surface area contributed by atoms with Crippen LogP contribution in [0.1, 0.15) is 28.5 Å². The molecule has 0 atom stereocenters. The Kier molecular flexibility index (Phi) is 3.58. The molecule has 0 amide bonds. The van der Waals surface area contributed by atoms with Crippen molar-refractivity contribution in [2.45, 2.75) is 39.6 Å². The highest BCUT2D eigenvalue weighted by atomic mass is 32.1. The van der Waals surface area contributed by atoms with E-state index in [1.165, 1.54) is 0 Å². The summed E-state index contributed by atoms with van der Waals surface area (Å²) in [6, 6.07) is 0. The van der Waals surface area contributed by atoms with Crippen molar-refractivity contribution in [2.24, 2.45) is 0 Å². The van der Waals surface area contributed by atoms with Crippen LogP contribution in [-0.4, -0.2) is 36.5 Å². The fourth-order valence-corrected chi connectivity index (χ4v) is 3.03. The molecule has 1 aliphatic heterocycles. The molecule has 102 valence electrons. The van der Waals surface area contributed by atoms with Gasteiger partial charge in [0.1, 0.15) is 5.69 Å². The van der Waals surface area contributed by atoms with Crippen molar-refractivity contribution in [2.75, 3.05) is 6.54 Å². The first-order chi connectivity index (χ1) is 9.26. The minimum atomic E-state index is -0.0427. The molecular weight excluding hydrogens is 262 g/mol. The lowest BCUT2D eigenvalue weighted by Gasteiger charge is -2.18. The third-order valence-electron chi connectivity index (χ3n) is 3.34. The van der Waals surface area contributed by atoms with Gasteiger partial charge >= 0.3 is 0 Å². The topological polar surface area (TPSA) is 67.1 Å². The van der Waals surface area contributed by atoms with Crippen molar-refractivity contribution in [1.82, 2.24) is 24.9 Å². The second kappa shape index (κ2) is 5.36. The van der Waals surface area contributed by atoms with E-state index in [-0.39, 0.29) is 6.61 Å². The minimum Gasteiger partial charge on any atom is -0.390 e. The normalized spacial score (nSPS) is 16.3. The van der Waals surface area contributed by atoms with E-state index in [2.05, 4.69) is 25.6 Å². The average Bonchev–Trinajstić information content (AvgIpc) is 2.91. The highest BCUT2D eigenvalue weighted by molar-refractivity contribution is 7.09. The first kappa shape index (κ1) is 12.7. The number of hydrogen-bond donors (Lipinski definition) is 1. The molecule has 1 aliphatic rings. The lowest BCUT2D eigenvalue weighted by Crippen LogP contribution is -2.23. The lowest BCUT2D eigenvalue weighted by atomic mass is 10.3. The summed E-state index contributed by atoms with van der Waals surface area (Å²) in [5, 5.41) is 20.7. The second-order valence-electron chi connectivity index (χ2n) is 4.79. The van der Waals surface area contributed by atoms with Crippen molar-refractivity contribution in [3.63, 3.8) is 0 Å². The molecule has 0 saturated heterocycles. The second-order valence-corrected chi connectivity index (χ2v) is 5.85. The fraction of sp³-hybridized carbons (Fsp3) is 0.583. The SMILES string of the molecule is Cc1nc(CN2CCCn3nnc(CO)c3C2)cs1. The molecule has 0 aromatic carbocycles. The molecule has 0 radical (unpaired) electrons. The highest BCUT2D eigenvalue weighted by Gasteiger charge is 2.20. The van der Waals surface area contributed by atoms with Crippen LogP contribution in [0.25, 0.3) is 0 Å². The molecule has 3 heterocycles. The van der Waals surface area contributed by atoms with Gasteiger partial charge in [0, 0.05) is 31.6 Å². The molecular formula is C12H17N5OS. The monoisotopic (exact) mass is 279 g/mol. The molecule has 0 bridgehead atoms. The molecule has 0 spiro atoms. The van der Waals surface area contributed by atoms with E-state index in [4.69, 9.17) is 0 Å². The Balaban J connectivity index is 1.77. The van der Waals surface area contributed by atoms with Gasteiger partial charge in [-0.2, -0.15) is 0 Å². The van der Waals surface area contributed by atoms with Crippen LogP contribution in [0.3, 0.4) is 0 Å². The van der Waals surface area contributed by atoms with Crippen molar-refractivity contribution in [3.8, 4) is 0 Å². The molecule has 6 nitrogen and oxygen atoms in total. The van der Waals surface area contributed by atoms with Gasteiger partial charge in [-0.1, -0.05) is 5.21 Å². The number of rotatable bonds is 3. The zero-order valence-corrected chi connectivity index (χ0v) is 11.7. The Bertz CT molecular complexity index is 564. The molecule has 2 aromatic heterocycles. The Morgan fingerprint density at radius 3 is 3.05 bits per heavy atom. The number of fused-ring (bicyclic) bond motifs is 1. The molecule has 19 heavy (non-hydrogen) atoms. The Labute approximate surface area is 115 Å². The van der Waals surface area contributed by atoms with Gasteiger partial charge in [-0.15, -0.1) is 16.4 Å². The molecule has 2 aromatic rings. The van der Waals surface area contributed by atoms with Gasteiger partial charge < -0.3 is 5.11 Å². The maximum atomic E-state index is 9.31. The molecule has 7 heteroatoms. The van der Waals surface area contributed by atoms with Gasteiger partial charge in [0.05, 0.1) is 23.0 Å². The molecule has 0 saturated carbocycles. The summed E-state index contributed by atoms with van der Waals surface area (Å²) in [6.45, 7) is 5.50. The first-order valence-corrected chi connectivity index (χ1v) is 7.29. The van der Waals surface area contributed by atoms with E-state index < -0.39 is 0 Å². The largest absolute Gasteiger partial charge is 0.390 e. The number of aromatic nitrogens is 4. The van der Waals surface area contributed by atoms with Gasteiger partial charge in [0.15, 0.2) is 0 Å². The van der Waals surface area contributed by atoms with Crippen LogP contribution in [0.15, 0.2) is 5.38 Å². The maximum absolute atomic E-state index is 9.31. The third-order valence-corrected chi connectivity index (χ3v) is 4.16. The van der Waals surface area contributed by atoms with E-state index in [0.717, 1.165) is 49.0 Å². The van der Waals surface area contributed by atoms with Gasteiger partial charge in [-0.3, -0.25) is 4.90 Å². The van der Waals surface area contributed by atoms with Gasteiger partial charge in [0.25, 0.3) is 0 Å². The van der Waals surface area contributed by atoms with E-state index >= 15 is 0 Å². The van der Waals surface area contributed by atoms with Crippen LogP contribution in [0.4, 0.5) is 0 Å². The molecule has 0 unspecified atom stereocenters. The lowest BCUT2D eigenvalue weighted by molar-refractivity contribution is 0.248. The highest BCUT2D eigenvalue weighted by Crippen LogP contribution is 2.17. The summed E-state index contributed by atoms with van der Waals surface area (Å²) < 4.78 is 1.91. The quantitative estimate of drug-likeness (QED) is 0.905. The van der Waals surface area contributed by atoms with Crippen LogP contribution in [0.2, 0.25) is 0 Å². The third kappa shape index (κ3) is 2.68. The van der Waals surface area contributed by atoms with E-state index in [0.29, 0.717) is 5.69 Å². The molecule has 1 N–H and O–H groups in total. The predicted molar refractivity (Wildman–Crippen MR) is 71.5 cm³/mol. The number of aliphatic hydroxyl groups excluding tert-OH is 1. The van der Waals surface area contributed by atoms with Gasteiger partial charge in [-0.05, 0) is 13.3 Å². The standard InChI is InChI=1S/C12H17N5OS/c1-9-13-10(8-19-9)5-16-3-2-4-17-12(6-16)11(7-18)14-15-17/h8,18H,2-7H2,1H3. The number of thiazole rings is 1. The summed E-state index contributed by atoms with van der Waals surface area (Å²) in [5.41, 5.74) is 2.85. The van der Waals surface area contributed by atoms with Crippen LogP contribution < -0.4 is 0 Å². The Morgan fingerprint density at radius 2 is 2.32 bits per heavy atom. The summed E-state index contributed by atoms with van der Waals surface area (Å²) in [7, 11) is 0. The van der Waals surface area contributed by atoms with Crippen molar-refractivity contribution >= 4 is 11.3 Å². The smallest absolute Gasteiger partial charge is 0.113 e.